The van der Waals surface area contributed by atoms with Gasteiger partial charge in [-0.25, -0.2) is 0 Å². The number of nitriles is 1. The number of fused-ring (bicyclic) bond motifs is 1. The van der Waals surface area contributed by atoms with Gasteiger partial charge in [0, 0.05) is 29.5 Å². The van der Waals surface area contributed by atoms with Crippen molar-refractivity contribution in [2.45, 2.75) is 19.3 Å². The van der Waals surface area contributed by atoms with Crippen LogP contribution in [0.1, 0.15) is 19.3 Å². The molecule has 3 aromatic rings. The van der Waals surface area contributed by atoms with Crippen LogP contribution in [0.25, 0.3) is 22.3 Å². The maximum absolute atomic E-state index is 9.39. The van der Waals surface area contributed by atoms with Crippen LogP contribution < -0.4 is 14.8 Å². The molecule has 1 heterocycles. The van der Waals surface area contributed by atoms with Crippen LogP contribution in [0, 0.1) is 11.3 Å². The number of nitrogens with zero attached hydrogens (tertiary/aromatic N) is 2. The largest absolute Gasteiger partial charge is 0.497 e. The molecule has 2 aromatic carbocycles. The number of hydrogen-bond donors (Lipinski definition) is 1. The number of rotatable bonds is 7. The first-order valence-corrected chi connectivity index (χ1v) is 8.65. The molecular weight excluding hydrogens is 344 g/mol. The molecule has 6 heteroatoms. The van der Waals surface area contributed by atoms with Gasteiger partial charge < -0.3 is 19.1 Å². The second-order valence-corrected chi connectivity index (χ2v) is 5.95. The fourth-order valence-electron chi connectivity index (χ4n) is 2.71. The van der Waals surface area contributed by atoms with Crippen LogP contribution in [0.2, 0.25) is 0 Å². The Morgan fingerprint density at radius 1 is 1.07 bits per heavy atom. The number of ether oxygens (including phenoxy) is 2. The monoisotopic (exact) mass is 364 g/mol. The van der Waals surface area contributed by atoms with Gasteiger partial charge in [-0.1, -0.05) is 5.16 Å². The predicted molar refractivity (Wildman–Crippen MR) is 101 cm³/mol. The summed E-state index contributed by atoms with van der Waals surface area (Å²) in [7, 11) is 1.61. The van der Waals surface area contributed by atoms with Crippen LogP contribution in [0.4, 0.5) is 0 Å². The summed E-state index contributed by atoms with van der Waals surface area (Å²) in [5.41, 5.74) is 1.40. The molecular formula is C21H20N2O4. The van der Waals surface area contributed by atoms with E-state index in [1.54, 1.807) is 25.3 Å². The summed E-state index contributed by atoms with van der Waals surface area (Å²) in [6.45, 7) is 0.530. The topological polar surface area (TPSA) is 88.0 Å². The van der Waals surface area contributed by atoms with Crippen LogP contribution in [0.5, 0.6) is 11.5 Å². The van der Waals surface area contributed by atoms with Gasteiger partial charge in [-0.2, -0.15) is 5.26 Å². The van der Waals surface area contributed by atoms with Crippen LogP contribution in [-0.2, 0) is 0 Å². The lowest BCUT2D eigenvalue weighted by Crippen LogP contribution is -2.04. The van der Waals surface area contributed by atoms with E-state index in [4.69, 9.17) is 19.2 Å². The lowest BCUT2D eigenvalue weighted by atomic mass is 10.1. The molecule has 0 aliphatic rings. The number of benzene rings is 2. The highest BCUT2D eigenvalue weighted by Gasteiger charge is 2.08. The third-order valence-electron chi connectivity index (χ3n) is 4.15. The second-order valence-electron chi connectivity index (χ2n) is 5.95. The van der Waals surface area contributed by atoms with E-state index in [1.165, 1.54) is 0 Å². The third-order valence-corrected chi connectivity index (χ3v) is 4.15. The Morgan fingerprint density at radius 2 is 1.85 bits per heavy atom. The van der Waals surface area contributed by atoms with E-state index < -0.39 is 0 Å². The molecule has 0 atom stereocenters. The van der Waals surface area contributed by atoms with Crippen LogP contribution in [0.3, 0.4) is 0 Å². The second kappa shape index (κ2) is 8.77. The lowest BCUT2D eigenvalue weighted by Gasteiger charge is -2.08. The van der Waals surface area contributed by atoms with Gasteiger partial charge in [0.2, 0.25) is 0 Å². The highest BCUT2D eigenvalue weighted by Crippen LogP contribution is 2.26. The summed E-state index contributed by atoms with van der Waals surface area (Å²) in [6.07, 6.45) is 2.15. The van der Waals surface area contributed by atoms with Crippen molar-refractivity contribution in [3.63, 3.8) is 0 Å². The van der Waals surface area contributed by atoms with Gasteiger partial charge in [-0.05, 0) is 49.2 Å². The minimum Gasteiger partial charge on any atom is -0.497 e. The molecule has 0 bridgehead atoms. The minimum atomic E-state index is 0.419. The zero-order valence-electron chi connectivity index (χ0n) is 15.0. The molecule has 0 aliphatic carbocycles. The standard InChI is InChI=1S/C21H20N2O4/c1-25-16-7-5-15(6-8-16)20-14-19(23-24)18-10-9-17(13-21(18)27-20)26-12-4-2-3-11-22/h5-10,13-14,24H,2-4,12H2,1H3/b23-19+. The van der Waals surface area contributed by atoms with Gasteiger partial charge in [0.15, 0.2) is 0 Å². The van der Waals surface area contributed by atoms with Crippen molar-refractivity contribution in [3.05, 3.63) is 53.9 Å². The normalized spacial score (nSPS) is 11.3. The van der Waals surface area contributed by atoms with E-state index in [-0.39, 0.29) is 0 Å². The Bertz CT molecular complexity index is 1020. The quantitative estimate of drug-likeness (QED) is 0.380. The maximum Gasteiger partial charge on any atom is 0.140 e. The van der Waals surface area contributed by atoms with Crippen molar-refractivity contribution in [2.75, 3.05) is 13.7 Å². The van der Waals surface area contributed by atoms with Crippen molar-refractivity contribution in [1.29, 1.82) is 5.26 Å². The molecule has 0 saturated carbocycles. The Balaban J connectivity index is 1.91. The number of hydrogen-bond acceptors (Lipinski definition) is 6. The Hall–Kier alpha value is -3.46. The molecule has 27 heavy (non-hydrogen) atoms. The van der Waals surface area contributed by atoms with E-state index >= 15 is 0 Å². The first-order valence-electron chi connectivity index (χ1n) is 8.65. The van der Waals surface area contributed by atoms with Crippen LogP contribution in [-0.4, -0.2) is 18.9 Å². The van der Waals surface area contributed by atoms with Gasteiger partial charge >= 0.3 is 0 Å². The molecule has 1 N–H and O–H groups in total. The summed E-state index contributed by atoms with van der Waals surface area (Å²) < 4.78 is 16.9. The zero-order valence-corrected chi connectivity index (χ0v) is 15.0. The number of unbranched alkanes of at least 4 members (excludes halogenated alkanes) is 2. The first-order chi connectivity index (χ1) is 13.2. The van der Waals surface area contributed by atoms with Crippen molar-refractivity contribution in [3.8, 4) is 28.9 Å². The number of methoxy groups -OCH3 is 1. The molecule has 0 spiro atoms. The minimum absolute atomic E-state index is 0.419. The van der Waals surface area contributed by atoms with Crippen LogP contribution in [0.15, 0.2) is 58.1 Å². The fourth-order valence-corrected chi connectivity index (χ4v) is 2.71. The predicted octanol–water partition coefficient (Wildman–Crippen LogP) is 4.47. The highest BCUT2D eigenvalue weighted by atomic mass is 16.5. The van der Waals surface area contributed by atoms with Gasteiger partial charge in [-0.3, -0.25) is 0 Å². The van der Waals surface area contributed by atoms with E-state index in [0.29, 0.717) is 40.9 Å². The SMILES string of the molecule is COc1ccc(-c2c/c(=N\O)c3ccc(OCCCCC#N)cc3o2)cc1. The van der Waals surface area contributed by atoms with Gasteiger partial charge in [0.1, 0.15) is 28.2 Å². The molecule has 0 aliphatic heterocycles. The van der Waals surface area contributed by atoms with Gasteiger partial charge in [0.05, 0.1) is 19.8 Å². The summed E-state index contributed by atoms with van der Waals surface area (Å²) in [5, 5.41) is 22.4. The molecule has 0 saturated heterocycles. The Kier molecular flexibility index (Phi) is 5.95. The molecule has 0 fully saturated rings. The average Bonchev–Trinajstić information content (AvgIpc) is 2.72. The van der Waals surface area contributed by atoms with Crippen molar-refractivity contribution >= 4 is 11.0 Å². The van der Waals surface area contributed by atoms with E-state index in [2.05, 4.69) is 11.2 Å². The Morgan fingerprint density at radius 3 is 2.56 bits per heavy atom. The van der Waals surface area contributed by atoms with Gasteiger partial charge in [0.25, 0.3) is 0 Å². The molecule has 0 unspecified atom stereocenters. The smallest absolute Gasteiger partial charge is 0.140 e. The third kappa shape index (κ3) is 4.39. The maximum atomic E-state index is 9.39. The zero-order chi connectivity index (χ0) is 19.1. The van der Waals surface area contributed by atoms with Crippen molar-refractivity contribution in [2.24, 2.45) is 5.16 Å². The van der Waals surface area contributed by atoms with Crippen molar-refractivity contribution in [1.82, 2.24) is 0 Å². The van der Waals surface area contributed by atoms with Crippen molar-refractivity contribution < 1.29 is 19.1 Å². The fraction of sp³-hybridized carbons (Fsp3) is 0.238. The van der Waals surface area contributed by atoms with E-state index in [1.807, 2.05) is 30.3 Å². The summed E-state index contributed by atoms with van der Waals surface area (Å²) >= 11 is 0. The highest BCUT2D eigenvalue weighted by molar-refractivity contribution is 5.79. The molecule has 3 rings (SSSR count). The molecule has 0 radical (unpaired) electrons. The van der Waals surface area contributed by atoms with E-state index in [9.17, 15) is 5.21 Å². The molecule has 0 amide bonds. The van der Waals surface area contributed by atoms with E-state index in [0.717, 1.165) is 24.2 Å². The average molecular weight is 364 g/mol. The van der Waals surface area contributed by atoms with Gasteiger partial charge in [-0.15, -0.1) is 0 Å². The molecule has 1 aromatic heterocycles. The first kappa shape index (κ1) is 18.3. The molecule has 6 nitrogen and oxygen atoms in total. The lowest BCUT2D eigenvalue weighted by molar-refractivity contribution is 0.302. The van der Waals surface area contributed by atoms with Crippen LogP contribution >= 0.6 is 0 Å². The summed E-state index contributed by atoms with van der Waals surface area (Å²) in [6, 6.07) is 16.6. The molecule has 138 valence electrons. The summed E-state index contributed by atoms with van der Waals surface area (Å²) in [5.74, 6) is 1.99. The Labute approximate surface area is 156 Å². The summed E-state index contributed by atoms with van der Waals surface area (Å²) in [4.78, 5) is 0.